The fraction of sp³-hybridized carbons (Fsp3) is 0.500. The Kier molecular flexibility index (Phi) is 2.82. The van der Waals surface area contributed by atoms with Crippen molar-refractivity contribution in [1.29, 1.82) is 0 Å². The van der Waals surface area contributed by atoms with E-state index in [-0.39, 0.29) is 17.5 Å². The van der Waals surface area contributed by atoms with Crippen LogP contribution in [-0.4, -0.2) is 49.8 Å². The lowest BCUT2D eigenvalue weighted by Crippen LogP contribution is -2.43. The first-order valence-electron chi connectivity index (χ1n) is 6.58. The van der Waals surface area contributed by atoms with Gasteiger partial charge in [0.2, 0.25) is 17.2 Å². The molecule has 2 aromatic rings. The van der Waals surface area contributed by atoms with E-state index in [0.717, 1.165) is 25.9 Å². The average molecular weight is 293 g/mol. The molecule has 2 fully saturated rings. The Hall–Kier alpha value is -1.73. The topological polar surface area (TPSA) is 69.0 Å². The van der Waals surface area contributed by atoms with Gasteiger partial charge in [0.1, 0.15) is 6.33 Å². The number of nitrogens with zero attached hydrogens (tertiary/aromatic N) is 6. The highest BCUT2D eigenvalue weighted by Gasteiger charge is 2.35. The first-order valence-corrected chi connectivity index (χ1v) is 6.96. The van der Waals surface area contributed by atoms with Gasteiger partial charge in [-0.15, -0.1) is 0 Å². The summed E-state index contributed by atoms with van der Waals surface area (Å²) in [5.41, 5.74) is 0. The summed E-state index contributed by atoms with van der Waals surface area (Å²) in [4.78, 5) is 19.0. The minimum absolute atomic E-state index is 0.192. The lowest BCUT2D eigenvalue weighted by atomic mass is 10.2. The monoisotopic (exact) mass is 292 g/mol. The maximum absolute atomic E-state index is 6.02. The fourth-order valence-electron chi connectivity index (χ4n) is 2.74. The van der Waals surface area contributed by atoms with Gasteiger partial charge >= 0.3 is 0 Å². The number of anilines is 1. The number of hydrogen-bond acceptors (Lipinski definition) is 6. The van der Waals surface area contributed by atoms with Crippen LogP contribution < -0.4 is 4.90 Å². The summed E-state index contributed by atoms with van der Waals surface area (Å²) in [7, 11) is 0. The summed E-state index contributed by atoms with van der Waals surface area (Å²) < 4.78 is 7.54. The molecule has 0 aliphatic carbocycles. The zero-order valence-electron chi connectivity index (χ0n) is 10.7. The molecule has 2 atom stereocenters. The average Bonchev–Trinajstić information content (AvgIpc) is 3.08. The summed E-state index contributed by atoms with van der Waals surface area (Å²) in [6, 6.07) is 0. The third-order valence-corrected chi connectivity index (χ3v) is 3.82. The van der Waals surface area contributed by atoms with Crippen molar-refractivity contribution < 1.29 is 4.74 Å². The Morgan fingerprint density at radius 2 is 1.85 bits per heavy atom. The van der Waals surface area contributed by atoms with Crippen LogP contribution in [0, 0.1) is 0 Å². The van der Waals surface area contributed by atoms with Crippen molar-refractivity contribution in [3.05, 3.63) is 24.0 Å². The van der Waals surface area contributed by atoms with Crippen molar-refractivity contribution in [3.8, 4) is 5.95 Å². The lowest BCUT2D eigenvalue weighted by Gasteiger charge is -2.32. The maximum atomic E-state index is 6.02. The Morgan fingerprint density at radius 1 is 1.10 bits per heavy atom. The van der Waals surface area contributed by atoms with Gasteiger partial charge in [-0.05, 0) is 24.4 Å². The quantitative estimate of drug-likeness (QED) is 0.825. The molecule has 0 radical (unpaired) electrons. The van der Waals surface area contributed by atoms with E-state index in [9.17, 15) is 0 Å². The molecule has 0 N–H and O–H groups in total. The van der Waals surface area contributed by atoms with E-state index in [0.29, 0.717) is 11.9 Å². The molecule has 2 aliphatic rings. The molecule has 2 bridgehead atoms. The van der Waals surface area contributed by atoms with Crippen LogP contribution in [0.25, 0.3) is 5.95 Å². The van der Waals surface area contributed by atoms with Gasteiger partial charge in [0, 0.05) is 25.5 Å². The molecule has 0 saturated carbocycles. The van der Waals surface area contributed by atoms with Crippen LogP contribution in [0.1, 0.15) is 12.8 Å². The first kappa shape index (κ1) is 12.0. The number of hydrogen-bond donors (Lipinski definition) is 0. The number of morpholine rings is 1. The Balaban J connectivity index is 1.68. The molecule has 2 aromatic heterocycles. The molecule has 4 rings (SSSR count). The van der Waals surface area contributed by atoms with Crippen LogP contribution in [0.4, 0.5) is 5.95 Å². The molecule has 0 spiro atoms. The summed E-state index contributed by atoms with van der Waals surface area (Å²) in [5.74, 6) is 1.09. The molecule has 8 heteroatoms. The second kappa shape index (κ2) is 4.68. The van der Waals surface area contributed by atoms with E-state index in [1.54, 1.807) is 23.3 Å². The molecular weight excluding hydrogens is 280 g/mol. The maximum Gasteiger partial charge on any atom is 0.241 e. The number of ether oxygens (including phenoxy) is 1. The Morgan fingerprint density at radius 3 is 2.55 bits per heavy atom. The van der Waals surface area contributed by atoms with Crippen LogP contribution in [0.5, 0.6) is 0 Å². The lowest BCUT2D eigenvalue weighted by molar-refractivity contribution is 0.0299. The van der Waals surface area contributed by atoms with Gasteiger partial charge in [0.05, 0.1) is 12.2 Å². The highest BCUT2D eigenvalue weighted by molar-refractivity contribution is 6.28. The number of aromatic nitrogens is 5. The zero-order valence-corrected chi connectivity index (χ0v) is 11.4. The second-order valence-corrected chi connectivity index (χ2v) is 5.37. The van der Waals surface area contributed by atoms with Crippen molar-refractivity contribution in [3.63, 3.8) is 0 Å². The van der Waals surface area contributed by atoms with E-state index in [4.69, 9.17) is 16.3 Å². The Bertz CT molecular complexity index is 606. The van der Waals surface area contributed by atoms with E-state index >= 15 is 0 Å². The third-order valence-electron chi connectivity index (χ3n) is 3.65. The number of halogens is 1. The van der Waals surface area contributed by atoms with Crippen LogP contribution >= 0.6 is 11.6 Å². The predicted octanol–water partition coefficient (Wildman–Crippen LogP) is 1.08. The number of imidazole rings is 1. The first-order chi connectivity index (χ1) is 9.78. The summed E-state index contributed by atoms with van der Waals surface area (Å²) in [5, 5.41) is 0.192. The molecule has 4 heterocycles. The van der Waals surface area contributed by atoms with Crippen LogP contribution in [-0.2, 0) is 4.74 Å². The van der Waals surface area contributed by atoms with E-state index in [1.165, 1.54) is 0 Å². The van der Waals surface area contributed by atoms with Gasteiger partial charge in [-0.25, -0.2) is 4.98 Å². The minimum Gasteiger partial charge on any atom is -0.371 e. The van der Waals surface area contributed by atoms with Crippen molar-refractivity contribution in [2.24, 2.45) is 0 Å². The molecule has 104 valence electrons. The standard InChI is InChI=1S/C12H13ClN6O/c13-10-15-11(18-4-3-14-7-18)17-12(16-10)19-5-8-1-2-9(6-19)20-8/h3-4,7-9H,1-2,5-6H2. The normalized spacial score (nSPS) is 25.1. The van der Waals surface area contributed by atoms with Crippen LogP contribution in [0.15, 0.2) is 18.7 Å². The van der Waals surface area contributed by atoms with Gasteiger partial charge in [-0.2, -0.15) is 15.0 Å². The minimum atomic E-state index is 0.192. The van der Waals surface area contributed by atoms with Crippen LogP contribution in [0.2, 0.25) is 5.28 Å². The molecule has 2 saturated heterocycles. The number of rotatable bonds is 2. The summed E-state index contributed by atoms with van der Waals surface area (Å²) in [6.45, 7) is 1.61. The predicted molar refractivity (Wildman–Crippen MR) is 72.1 cm³/mol. The van der Waals surface area contributed by atoms with E-state index < -0.39 is 0 Å². The van der Waals surface area contributed by atoms with Gasteiger partial charge in [0.15, 0.2) is 0 Å². The number of fused-ring (bicyclic) bond motifs is 2. The zero-order chi connectivity index (χ0) is 13.5. The van der Waals surface area contributed by atoms with Gasteiger partial charge < -0.3 is 9.64 Å². The van der Waals surface area contributed by atoms with Gasteiger partial charge in [-0.3, -0.25) is 4.57 Å². The van der Waals surface area contributed by atoms with Crippen LogP contribution in [0.3, 0.4) is 0 Å². The van der Waals surface area contributed by atoms with Gasteiger partial charge in [0.25, 0.3) is 0 Å². The molecule has 0 aromatic carbocycles. The van der Waals surface area contributed by atoms with Crippen molar-refractivity contribution >= 4 is 17.5 Å². The van der Waals surface area contributed by atoms with E-state index in [2.05, 4.69) is 24.8 Å². The van der Waals surface area contributed by atoms with Crippen molar-refractivity contribution in [2.45, 2.75) is 25.0 Å². The van der Waals surface area contributed by atoms with Gasteiger partial charge in [-0.1, -0.05) is 0 Å². The third kappa shape index (κ3) is 2.12. The molecular formula is C12H13ClN6O. The Labute approximate surface area is 120 Å². The van der Waals surface area contributed by atoms with Crippen molar-refractivity contribution in [1.82, 2.24) is 24.5 Å². The van der Waals surface area contributed by atoms with Crippen molar-refractivity contribution in [2.75, 3.05) is 18.0 Å². The smallest absolute Gasteiger partial charge is 0.241 e. The largest absolute Gasteiger partial charge is 0.371 e. The molecule has 7 nitrogen and oxygen atoms in total. The fourth-order valence-corrected chi connectivity index (χ4v) is 2.89. The van der Waals surface area contributed by atoms with E-state index in [1.807, 2.05) is 0 Å². The highest BCUT2D eigenvalue weighted by atomic mass is 35.5. The highest BCUT2D eigenvalue weighted by Crippen LogP contribution is 2.28. The summed E-state index contributed by atoms with van der Waals surface area (Å²) in [6.07, 6.45) is 7.85. The molecule has 2 unspecified atom stereocenters. The molecule has 0 amide bonds. The molecule has 20 heavy (non-hydrogen) atoms. The second-order valence-electron chi connectivity index (χ2n) is 5.04. The molecule has 2 aliphatic heterocycles. The SMILES string of the molecule is Clc1nc(N2CC3CCC(C2)O3)nc(-n2ccnc2)n1. The summed E-state index contributed by atoms with van der Waals surface area (Å²) >= 11 is 6.02.